The molecule has 0 aliphatic carbocycles. The lowest BCUT2D eigenvalue weighted by atomic mass is 10.1. The third-order valence-corrected chi connectivity index (χ3v) is 6.45. The SMILES string of the molecule is CCC[C@@H](CCNC(=O)c1cccc(C(N)=NC)c1)NCc1nc(Nc2cc(C)cc(C)c2)ncc1CC. The molecule has 0 saturated heterocycles. The van der Waals surface area contributed by atoms with E-state index in [-0.39, 0.29) is 11.9 Å². The number of carbonyl (C=O) groups is 1. The summed E-state index contributed by atoms with van der Waals surface area (Å²) in [5, 5.41) is 10.1. The maximum absolute atomic E-state index is 12.7. The van der Waals surface area contributed by atoms with Gasteiger partial charge in [0, 0.05) is 49.2 Å². The number of rotatable bonds is 13. The maximum Gasteiger partial charge on any atom is 0.251 e. The van der Waals surface area contributed by atoms with Gasteiger partial charge in [-0.15, -0.1) is 0 Å². The van der Waals surface area contributed by atoms with E-state index in [1.807, 2.05) is 18.3 Å². The highest BCUT2D eigenvalue weighted by Crippen LogP contribution is 2.19. The largest absolute Gasteiger partial charge is 0.384 e. The van der Waals surface area contributed by atoms with Crippen LogP contribution in [0.5, 0.6) is 0 Å². The van der Waals surface area contributed by atoms with Crippen molar-refractivity contribution in [3.63, 3.8) is 0 Å². The molecule has 0 fully saturated rings. The molecule has 3 rings (SSSR count). The zero-order valence-corrected chi connectivity index (χ0v) is 23.3. The van der Waals surface area contributed by atoms with Crippen LogP contribution in [-0.2, 0) is 13.0 Å². The minimum atomic E-state index is -0.114. The van der Waals surface area contributed by atoms with Crippen molar-refractivity contribution in [1.82, 2.24) is 20.6 Å². The van der Waals surface area contributed by atoms with E-state index in [4.69, 9.17) is 10.7 Å². The van der Waals surface area contributed by atoms with E-state index in [0.29, 0.717) is 30.4 Å². The first kappa shape index (κ1) is 28.8. The Labute approximate surface area is 226 Å². The molecule has 1 amide bonds. The van der Waals surface area contributed by atoms with Gasteiger partial charge in [-0.25, -0.2) is 9.97 Å². The number of aliphatic imine (C=N–C) groups is 1. The molecule has 0 radical (unpaired) electrons. The lowest BCUT2D eigenvalue weighted by Gasteiger charge is -2.19. The Kier molecular flexibility index (Phi) is 10.8. The lowest BCUT2D eigenvalue weighted by Crippen LogP contribution is -2.34. The van der Waals surface area contributed by atoms with Crippen molar-refractivity contribution in [3.05, 3.63) is 82.2 Å². The van der Waals surface area contributed by atoms with Gasteiger partial charge in [-0.1, -0.05) is 38.5 Å². The van der Waals surface area contributed by atoms with Gasteiger partial charge >= 0.3 is 0 Å². The van der Waals surface area contributed by atoms with Crippen LogP contribution in [0.15, 0.2) is 53.7 Å². The number of nitrogens with two attached hydrogens (primary N) is 1. The van der Waals surface area contributed by atoms with Crippen LogP contribution in [0.4, 0.5) is 11.6 Å². The van der Waals surface area contributed by atoms with Gasteiger partial charge < -0.3 is 21.7 Å². The summed E-state index contributed by atoms with van der Waals surface area (Å²) in [6, 6.07) is 13.8. The van der Waals surface area contributed by atoms with Crippen molar-refractivity contribution < 1.29 is 4.79 Å². The first-order chi connectivity index (χ1) is 18.3. The van der Waals surface area contributed by atoms with E-state index >= 15 is 0 Å². The van der Waals surface area contributed by atoms with Gasteiger partial charge in [-0.05, 0) is 74.1 Å². The van der Waals surface area contributed by atoms with Crippen molar-refractivity contribution in [3.8, 4) is 0 Å². The summed E-state index contributed by atoms with van der Waals surface area (Å²) in [6.45, 7) is 9.67. The van der Waals surface area contributed by atoms with Crippen molar-refractivity contribution in [2.45, 2.75) is 66.0 Å². The van der Waals surface area contributed by atoms with Gasteiger partial charge in [-0.3, -0.25) is 9.79 Å². The molecule has 0 bridgehead atoms. The summed E-state index contributed by atoms with van der Waals surface area (Å²) in [5.41, 5.74) is 12.7. The quantitative estimate of drug-likeness (QED) is 0.192. The Morgan fingerprint density at radius 3 is 2.47 bits per heavy atom. The number of amides is 1. The fourth-order valence-electron chi connectivity index (χ4n) is 4.48. The first-order valence-electron chi connectivity index (χ1n) is 13.4. The number of nitrogens with zero attached hydrogens (tertiary/aromatic N) is 3. The molecule has 1 atom stereocenters. The summed E-state index contributed by atoms with van der Waals surface area (Å²) < 4.78 is 0. The molecule has 8 nitrogen and oxygen atoms in total. The Morgan fingerprint density at radius 2 is 1.79 bits per heavy atom. The predicted octanol–water partition coefficient (Wildman–Crippen LogP) is 4.81. The van der Waals surface area contributed by atoms with Gasteiger partial charge in [-0.2, -0.15) is 0 Å². The summed E-state index contributed by atoms with van der Waals surface area (Å²) in [4.78, 5) is 26.1. The van der Waals surface area contributed by atoms with Crippen molar-refractivity contribution in [2.75, 3.05) is 18.9 Å². The molecule has 1 heterocycles. The second-order valence-corrected chi connectivity index (χ2v) is 9.62. The third-order valence-electron chi connectivity index (χ3n) is 6.45. The van der Waals surface area contributed by atoms with E-state index < -0.39 is 0 Å². The van der Waals surface area contributed by atoms with Crippen LogP contribution in [0, 0.1) is 13.8 Å². The molecular weight excluding hydrogens is 474 g/mol. The minimum absolute atomic E-state index is 0.114. The highest BCUT2D eigenvalue weighted by Gasteiger charge is 2.13. The Bertz CT molecular complexity index is 1230. The normalized spacial score (nSPS) is 12.3. The zero-order chi connectivity index (χ0) is 27.5. The number of benzene rings is 2. The summed E-state index contributed by atoms with van der Waals surface area (Å²) in [7, 11) is 1.64. The molecule has 0 aliphatic rings. The van der Waals surface area contributed by atoms with Crippen LogP contribution < -0.4 is 21.7 Å². The minimum Gasteiger partial charge on any atom is -0.384 e. The topological polar surface area (TPSA) is 117 Å². The van der Waals surface area contributed by atoms with Gasteiger partial charge in [0.05, 0.1) is 5.69 Å². The van der Waals surface area contributed by atoms with Crippen molar-refractivity contribution >= 4 is 23.4 Å². The second-order valence-electron chi connectivity index (χ2n) is 9.62. The van der Waals surface area contributed by atoms with Gasteiger partial charge in [0.15, 0.2) is 0 Å². The predicted molar refractivity (Wildman–Crippen MR) is 156 cm³/mol. The fraction of sp³-hybridized carbons (Fsp3) is 0.400. The standard InChI is InChI=1S/C30H41N7O/c1-6-9-25(12-13-33-29(38)24-11-8-10-23(17-24)28(31)32-5)34-19-27-22(7-2)18-35-30(37-27)36-26-15-20(3)14-21(4)16-26/h8,10-11,14-18,25,34H,6-7,9,12-13,19H2,1-5H3,(H2,31,32)(H,33,38)(H,35,36,37)/t25-/m0/s1. The molecule has 0 aliphatic heterocycles. The van der Waals surface area contributed by atoms with Crippen LogP contribution >= 0.6 is 0 Å². The number of aryl methyl sites for hydroxylation is 3. The van der Waals surface area contributed by atoms with E-state index in [2.05, 4.69) is 71.8 Å². The molecule has 3 aromatic rings. The number of amidine groups is 1. The third kappa shape index (κ3) is 8.38. The van der Waals surface area contributed by atoms with Gasteiger partial charge in [0.2, 0.25) is 5.95 Å². The highest BCUT2D eigenvalue weighted by molar-refractivity contribution is 6.01. The summed E-state index contributed by atoms with van der Waals surface area (Å²) >= 11 is 0. The Balaban J connectivity index is 1.60. The summed E-state index contributed by atoms with van der Waals surface area (Å²) in [5.74, 6) is 0.895. The van der Waals surface area contributed by atoms with Crippen LogP contribution in [0.2, 0.25) is 0 Å². The van der Waals surface area contributed by atoms with Crippen LogP contribution in [-0.4, -0.2) is 41.3 Å². The Morgan fingerprint density at radius 1 is 1.05 bits per heavy atom. The zero-order valence-electron chi connectivity index (χ0n) is 23.3. The number of anilines is 2. The average molecular weight is 516 g/mol. The molecule has 8 heteroatoms. The van der Waals surface area contributed by atoms with Crippen molar-refractivity contribution in [1.29, 1.82) is 0 Å². The lowest BCUT2D eigenvalue weighted by molar-refractivity contribution is 0.0952. The van der Waals surface area contributed by atoms with Crippen LogP contribution in [0.1, 0.15) is 71.4 Å². The monoisotopic (exact) mass is 515 g/mol. The highest BCUT2D eigenvalue weighted by atomic mass is 16.1. The first-order valence-corrected chi connectivity index (χ1v) is 13.4. The Hall–Kier alpha value is -3.78. The van der Waals surface area contributed by atoms with Crippen LogP contribution in [0.25, 0.3) is 0 Å². The average Bonchev–Trinajstić information content (AvgIpc) is 2.90. The van der Waals surface area contributed by atoms with E-state index in [1.54, 1.807) is 19.2 Å². The number of nitrogens with one attached hydrogen (secondary N) is 3. The molecule has 2 aromatic carbocycles. The van der Waals surface area contributed by atoms with Gasteiger partial charge in [0.1, 0.15) is 5.84 Å². The number of hydrogen-bond acceptors (Lipinski definition) is 6. The number of aromatic nitrogens is 2. The van der Waals surface area contributed by atoms with E-state index in [1.165, 1.54) is 11.1 Å². The number of carbonyl (C=O) groups excluding carboxylic acids is 1. The van der Waals surface area contributed by atoms with Crippen LogP contribution in [0.3, 0.4) is 0 Å². The molecule has 202 valence electrons. The molecule has 0 spiro atoms. The van der Waals surface area contributed by atoms with E-state index in [0.717, 1.165) is 48.2 Å². The smallest absolute Gasteiger partial charge is 0.251 e. The molecule has 0 saturated carbocycles. The molecule has 1 aromatic heterocycles. The summed E-state index contributed by atoms with van der Waals surface area (Å²) in [6.07, 6.45) is 5.65. The van der Waals surface area contributed by atoms with Gasteiger partial charge in [0.25, 0.3) is 5.91 Å². The molecule has 5 N–H and O–H groups in total. The van der Waals surface area contributed by atoms with E-state index in [9.17, 15) is 4.79 Å². The second kappa shape index (κ2) is 14.2. The molecule has 0 unspecified atom stereocenters. The fourth-order valence-corrected chi connectivity index (χ4v) is 4.48. The maximum atomic E-state index is 12.7. The number of hydrogen-bond donors (Lipinski definition) is 4. The molecule has 38 heavy (non-hydrogen) atoms. The molecular formula is C30H41N7O. The van der Waals surface area contributed by atoms with Crippen molar-refractivity contribution in [2.24, 2.45) is 10.7 Å².